The lowest BCUT2D eigenvalue weighted by atomic mass is 9.93. The number of anilines is 1. The number of aromatic nitrogens is 1. The molecule has 1 aromatic carbocycles. The molecule has 0 unspecified atom stereocenters. The van der Waals surface area contributed by atoms with Crippen LogP contribution in [0, 0.1) is 0 Å². The smallest absolute Gasteiger partial charge is 0.337 e. The summed E-state index contributed by atoms with van der Waals surface area (Å²) >= 11 is 0. The lowest BCUT2D eigenvalue weighted by Gasteiger charge is -2.20. The summed E-state index contributed by atoms with van der Waals surface area (Å²) in [6, 6.07) is 6.44. The Morgan fingerprint density at radius 2 is 2.08 bits per heavy atom. The summed E-state index contributed by atoms with van der Waals surface area (Å²) in [6.07, 6.45) is 0.488. The monoisotopic (exact) mass is 364 g/mol. The van der Waals surface area contributed by atoms with Crippen molar-refractivity contribution in [2.75, 3.05) is 10.8 Å². The van der Waals surface area contributed by atoms with Crippen LogP contribution in [0.2, 0.25) is 0 Å². The van der Waals surface area contributed by atoms with Crippen LogP contribution in [0.5, 0.6) is 0 Å². The Balaban J connectivity index is 1.94. The highest BCUT2D eigenvalue weighted by Gasteiger charge is 2.34. The van der Waals surface area contributed by atoms with E-state index in [2.05, 4.69) is 5.16 Å². The SMILES string of the molecule is CC(C)(C)c1cc(CS(=O)(=O)N2CCc3cccc(C(=O)O)c32)no1. The molecule has 0 fully saturated rings. The molecule has 0 bridgehead atoms. The summed E-state index contributed by atoms with van der Waals surface area (Å²) in [6.45, 7) is 6.07. The zero-order chi connectivity index (χ0) is 18.4. The second-order valence-electron chi connectivity index (χ2n) is 7.13. The molecule has 0 radical (unpaired) electrons. The van der Waals surface area contributed by atoms with Crippen molar-refractivity contribution in [1.82, 2.24) is 5.16 Å². The van der Waals surface area contributed by atoms with Gasteiger partial charge in [0, 0.05) is 18.0 Å². The zero-order valence-electron chi connectivity index (χ0n) is 14.3. The highest BCUT2D eigenvalue weighted by molar-refractivity contribution is 7.92. The molecule has 7 nitrogen and oxygen atoms in total. The molecule has 2 aromatic rings. The average Bonchev–Trinajstić information content (AvgIpc) is 3.12. The number of aromatic carboxylic acids is 1. The highest BCUT2D eigenvalue weighted by Crippen LogP contribution is 2.35. The van der Waals surface area contributed by atoms with Crippen molar-refractivity contribution in [1.29, 1.82) is 0 Å². The Labute approximate surface area is 146 Å². The second-order valence-corrected chi connectivity index (χ2v) is 9.02. The number of nitrogens with zero attached hydrogens (tertiary/aromatic N) is 2. The molecule has 2 heterocycles. The van der Waals surface area contributed by atoms with Crippen molar-refractivity contribution < 1.29 is 22.8 Å². The van der Waals surface area contributed by atoms with Crippen LogP contribution in [0.15, 0.2) is 28.8 Å². The minimum Gasteiger partial charge on any atom is -0.478 e. The number of rotatable bonds is 4. The first kappa shape index (κ1) is 17.5. The normalized spacial score (nSPS) is 14.6. The Kier molecular flexibility index (Phi) is 4.10. The highest BCUT2D eigenvalue weighted by atomic mass is 32.2. The van der Waals surface area contributed by atoms with E-state index in [1.54, 1.807) is 18.2 Å². The van der Waals surface area contributed by atoms with E-state index in [1.807, 2.05) is 20.8 Å². The largest absolute Gasteiger partial charge is 0.478 e. The van der Waals surface area contributed by atoms with E-state index >= 15 is 0 Å². The van der Waals surface area contributed by atoms with E-state index in [1.165, 1.54) is 10.4 Å². The van der Waals surface area contributed by atoms with E-state index in [-0.39, 0.29) is 29.0 Å². The van der Waals surface area contributed by atoms with Gasteiger partial charge in [-0.2, -0.15) is 0 Å². The van der Waals surface area contributed by atoms with Crippen molar-refractivity contribution >= 4 is 21.7 Å². The maximum absolute atomic E-state index is 12.9. The van der Waals surface area contributed by atoms with Crippen LogP contribution in [-0.4, -0.2) is 31.2 Å². The van der Waals surface area contributed by atoms with Gasteiger partial charge in [-0.1, -0.05) is 38.1 Å². The summed E-state index contributed by atoms with van der Waals surface area (Å²) in [5.74, 6) is -0.874. The molecule has 0 saturated heterocycles. The van der Waals surface area contributed by atoms with Crippen LogP contribution in [0.1, 0.15) is 48.1 Å². The van der Waals surface area contributed by atoms with Gasteiger partial charge in [0.1, 0.15) is 17.2 Å². The number of hydrogen-bond acceptors (Lipinski definition) is 5. The molecular formula is C17H20N2O5S. The molecule has 1 aliphatic heterocycles. The van der Waals surface area contributed by atoms with Gasteiger partial charge in [-0.15, -0.1) is 0 Å². The molecule has 0 atom stereocenters. The molecule has 25 heavy (non-hydrogen) atoms. The van der Waals surface area contributed by atoms with Crippen LogP contribution in [0.4, 0.5) is 5.69 Å². The van der Waals surface area contributed by atoms with Crippen molar-refractivity contribution in [3.63, 3.8) is 0 Å². The summed E-state index contributed by atoms with van der Waals surface area (Å²) in [5.41, 5.74) is 1.01. The molecule has 0 spiro atoms. The molecular weight excluding hydrogens is 344 g/mol. The molecule has 3 rings (SSSR count). The standard InChI is InChI=1S/C17H20N2O5S/c1-17(2,3)14-9-12(18-24-14)10-25(22,23)19-8-7-11-5-4-6-13(15(11)19)16(20)21/h4-6,9H,7-8,10H2,1-3H3,(H,20,21). The van der Waals surface area contributed by atoms with Crippen molar-refractivity contribution in [3.8, 4) is 0 Å². The molecule has 134 valence electrons. The molecule has 1 N–H and O–H groups in total. The number of carboxylic acids is 1. The van der Waals surface area contributed by atoms with Crippen LogP contribution >= 0.6 is 0 Å². The van der Waals surface area contributed by atoms with Gasteiger partial charge in [-0.25, -0.2) is 13.2 Å². The zero-order valence-corrected chi connectivity index (χ0v) is 15.1. The molecule has 0 aliphatic carbocycles. The van der Waals surface area contributed by atoms with Gasteiger partial charge in [0.15, 0.2) is 0 Å². The lowest BCUT2D eigenvalue weighted by Crippen LogP contribution is -2.31. The summed E-state index contributed by atoms with van der Waals surface area (Å²) < 4.78 is 32.1. The first-order valence-electron chi connectivity index (χ1n) is 7.91. The fourth-order valence-corrected chi connectivity index (χ4v) is 4.40. The first-order chi connectivity index (χ1) is 11.6. The fraction of sp³-hybridized carbons (Fsp3) is 0.412. The number of sulfonamides is 1. The number of para-hydroxylation sites is 1. The molecule has 8 heteroatoms. The third-order valence-corrected chi connectivity index (χ3v) is 5.85. The molecule has 1 aromatic heterocycles. The van der Waals surface area contributed by atoms with Crippen LogP contribution in [0.3, 0.4) is 0 Å². The predicted molar refractivity (Wildman–Crippen MR) is 92.3 cm³/mol. The number of carbonyl (C=O) groups is 1. The van der Waals surface area contributed by atoms with Gasteiger partial charge in [0.05, 0.1) is 11.3 Å². The van der Waals surface area contributed by atoms with Crippen molar-refractivity contribution in [2.45, 2.75) is 38.4 Å². The number of benzene rings is 1. The molecule has 0 amide bonds. The summed E-state index contributed by atoms with van der Waals surface area (Å²) in [5, 5.41) is 13.2. The minimum absolute atomic E-state index is 0.00546. The van der Waals surface area contributed by atoms with Gasteiger partial charge < -0.3 is 9.63 Å². The van der Waals surface area contributed by atoms with Crippen LogP contribution in [0.25, 0.3) is 0 Å². The number of carboxylic acid groups (broad SMARTS) is 1. The van der Waals surface area contributed by atoms with Gasteiger partial charge in [0.2, 0.25) is 10.0 Å². The van der Waals surface area contributed by atoms with Gasteiger partial charge >= 0.3 is 5.97 Å². The number of fused-ring (bicyclic) bond motifs is 1. The quantitative estimate of drug-likeness (QED) is 0.895. The third kappa shape index (κ3) is 3.26. The summed E-state index contributed by atoms with van der Waals surface area (Å²) in [4.78, 5) is 11.5. The second kappa shape index (κ2) is 5.87. The third-order valence-electron chi connectivity index (χ3n) is 4.15. The van der Waals surface area contributed by atoms with Crippen LogP contribution < -0.4 is 4.31 Å². The first-order valence-corrected chi connectivity index (χ1v) is 9.52. The van der Waals surface area contributed by atoms with Gasteiger partial charge in [-0.05, 0) is 18.1 Å². The van der Waals surface area contributed by atoms with E-state index in [0.717, 1.165) is 5.56 Å². The van der Waals surface area contributed by atoms with Crippen molar-refractivity contribution in [3.05, 3.63) is 46.8 Å². The van der Waals surface area contributed by atoms with Gasteiger partial charge in [0.25, 0.3) is 0 Å². The van der Waals surface area contributed by atoms with Crippen LogP contribution in [-0.2, 0) is 27.6 Å². The minimum atomic E-state index is -3.77. The number of hydrogen-bond donors (Lipinski definition) is 1. The van der Waals surface area contributed by atoms with Gasteiger partial charge in [-0.3, -0.25) is 4.31 Å². The predicted octanol–water partition coefficient (Wildman–Crippen LogP) is 2.56. The van der Waals surface area contributed by atoms with E-state index < -0.39 is 16.0 Å². The maximum Gasteiger partial charge on any atom is 0.337 e. The van der Waals surface area contributed by atoms with Crippen molar-refractivity contribution in [2.24, 2.45) is 0 Å². The summed E-state index contributed by atoms with van der Waals surface area (Å²) in [7, 11) is -3.77. The van der Waals surface area contributed by atoms with E-state index in [0.29, 0.717) is 17.9 Å². The molecule has 1 aliphatic rings. The van der Waals surface area contributed by atoms with E-state index in [4.69, 9.17) is 4.52 Å². The Morgan fingerprint density at radius 1 is 1.36 bits per heavy atom. The topological polar surface area (TPSA) is 101 Å². The maximum atomic E-state index is 12.9. The average molecular weight is 364 g/mol. The Bertz CT molecular complexity index is 925. The van der Waals surface area contributed by atoms with E-state index in [9.17, 15) is 18.3 Å². The lowest BCUT2D eigenvalue weighted by molar-refractivity contribution is 0.0698. The Hall–Kier alpha value is -2.35. The Morgan fingerprint density at radius 3 is 2.68 bits per heavy atom. The molecule has 0 saturated carbocycles. The fourth-order valence-electron chi connectivity index (χ4n) is 2.87.